The summed E-state index contributed by atoms with van der Waals surface area (Å²) in [4.78, 5) is 2.24. The van der Waals surface area contributed by atoms with Crippen molar-refractivity contribution in [1.29, 1.82) is 0 Å². The summed E-state index contributed by atoms with van der Waals surface area (Å²) in [5.74, 6) is 0. The molecule has 3 heteroatoms. The quantitative estimate of drug-likeness (QED) is 0.782. The molecule has 0 heterocycles. The monoisotopic (exact) mass is 224 g/mol. The number of para-hydroxylation sites is 1. The standard InChI is InChI=1S/C12H17ClN2/c1-15(9-5-2-3-6-9)12-10(13)7-4-8-11(12)14/h4,7-9H,2-3,5-6,14H2,1H3. The molecule has 1 saturated carbocycles. The lowest BCUT2D eigenvalue weighted by molar-refractivity contribution is 0.654. The molecule has 1 aliphatic rings. The number of halogens is 1. The van der Waals surface area contributed by atoms with Crippen LogP contribution in [-0.2, 0) is 0 Å². The fraction of sp³-hybridized carbons (Fsp3) is 0.500. The van der Waals surface area contributed by atoms with Crippen LogP contribution >= 0.6 is 11.6 Å². The Hall–Kier alpha value is -0.890. The molecule has 1 aromatic carbocycles. The van der Waals surface area contributed by atoms with Crippen molar-refractivity contribution in [2.45, 2.75) is 31.7 Å². The van der Waals surface area contributed by atoms with Gasteiger partial charge in [0, 0.05) is 13.1 Å². The Balaban J connectivity index is 2.27. The van der Waals surface area contributed by atoms with E-state index < -0.39 is 0 Å². The minimum absolute atomic E-state index is 0.604. The van der Waals surface area contributed by atoms with Crippen LogP contribution in [-0.4, -0.2) is 13.1 Å². The maximum atomic E-state index is 6.18. The maximum absolute atomic E-state index is 6.18. The molecule has 0 atom stereocenters. The van der Waals surface area contributed by atoms with Crippen molar-refractivity contribution in [2.24, 2.45) is 0 Å². The van der Waals surface area contributed by atoms with Gasteiger partial charge < -0.3 is 10.6 Å². The summed E-state index contributed by atoms with van der Waals surface area (Å²) >= 11 is 6.18. The highest BCUT2D eigenvalue weighted by Gasteiger charge is 2.22. The second-order valence-electron chi connectivity index (χ2n) is 4.23. The minimum Gasteiger partial charge on any atom is -0.397 e. The second-order valence-corrected chi connectivity index (χ2v) is 4.63. The van der Waals surface area contributed by atoms with Crippen LogP contribution in [0.1, 0.15) is 25.7 Å². The van der Waals surface area contributed by atoms with E-state index in [0.29, 0.717) is 6.04 Å². The summed E-state index contributed by atoms with van der Waals surface area (Å²) in [5.41, 5.74) is 7.73. The number of anilines is 2. The Labute approximate surface area is 96.0 Å². The van der Waals surface area contributed by atoms with Gasteiger partial charge in [0.05, 0.1) is 16.4 Å². The summed E-state index contributed by atoms with van der Waals surface area (Å²) < 4.78 is 0. The van der Waals surface area contributed by atoms with Crippen molar-refractivity contribution in [2.75, 3.05) is 17.7 Å². The SMILES string of the molecule is CN(c1c(N)cccc1Cl)C1CCCC1. The van der Waals surface area contributed by atoms with Crippen LogP contribution in [0.4, 0.5) is 11.4 Å². The van der Waals surface area contributed by atoms with E-state index in [2.05, 4.69) is 11.9 Å². The van der Waals surface area contributed by atoms with Gasteiger partial charge in [-0.15, -0.1) is 0 Å². The number of nitrogen functional groups attached to an aromatic ring is 1. The zero-order valence-corrected chi connectivity index (χ0v) is 9.80. The van der Waals surface area contributed by atoms with Crippen LogP contribution in [0.3, 0.4) is 0 Å². The van der Waals surface area contributed by atoms with Crippen LogP contribution in [0.5, 0.6) is 0 Å². The Bertz CT molecular complexity index is 325. The lowest BCUT2D eigenvalue weighted by Gasteiger charge is -2.28. The first-order valence-corrected chi connectivity index (χ1v) is 5.85. The summed E-state index contributed by atoms with van der Waals surface area (Å²) in [6.45, 7) is 0. The molecule has 2 nitrogen and oxygen atoms in total. The van der Waals surface area contributed by atoms with Gasteiger partial charge in [-0.3, -0.25) is 0 Å². The molecule has 0 spiro atoms. The molecule has 0 saturated heterocycles. The van der Waals surface area contributed by atoms with Gasteiger partial charge in [0.2, 0.25) is 0 Å². The number of hydrogen-bond acceptors (Lipinski definition) is 2. The number of rotatable bonds is 2. The van der Waals surface area contributed by atoms with Gasteiger partial charge in [0.1, 0.15) is 0 Å². The topological polar surface area (TPSA) is 29.3 Å². The smallest absolute Gasteiger partial charge is 0.0789 e. The van der Waals surface area contributed by atoms with Gasteiger partial charge in [-0.1, -0.05) is 30.5 Å². The first kappa shape index (κ1) is 10.6. The molecule has 0 bridgehead atoms. The Morgan fingerprint density at radius 2 is 2.00 bits per heavy atom. The number of nitrogens with two attached hydrogens (primary N) is 1. The van der Waals surface area contributed by atoms with Crippen molar-refractivity contribution in [3.05, 3.63) is 23.2 Å². The maximum Gasteiger partial charge on any atom is 0.0789 e. The van der Waals surface area contributed by atoms with Gasteiger partial charge in [-0.25, -0.2) is 0 Å². The molecule has 0 aromatic heterocycles. The summed E-state index contributed by atoms with van der Waals surface area (Å²) in [6.07, 6.45) is 5.14. The molecule has 2 N–H and O–H groups in total. The van der Waals surface area contributed by atoms with Crippen molar-refractivity contribution in [3.8, 4) is 0 Å². The Kier molecular flexibility index (Phi) is 3.06. The molecule has 15 heavy (non-hydrogen) atoms. The Morgan fingerprint density at radius 3 is 2.60 bits per heavy atom. The second kappa shape index (κ2) is 4.31. The van der Waals surface area contributed by atoms with Gasteiger partial charge in [-0.05, 0) is 25.0 Å². The molecule has 82 valence electrons. The van der Waals surface area contributed by atoms with Crippen molar-refractivity contribution in [1.82, 2.24) is 0 Å². The zero-order valence-electron chi connectivity index (χ0n) is 9.04. The van der Waals surface area contributed by atoms with E-state index in [1.807, 2.05) is 18.2 Å². The third-order valence-electron chi connectivity index (χ3n) is 3.24. The van der Waals surface area contributed by atoms with Crippen LogP contribution < -0.4 is 10.6 Å². The average Bonchev–Trinajstić information content (AvgIpc) is 2.69. The fourth-order valence-corrected chi connectivity index (χ4v) is 2.69. The summed E-state index contributed by atoms with van der Waals surface area (Å²) in [5, 5.41) is 0.754. The molecule has 1 aromatic rings. The minimum atomic E-state index is 0.604. The van der Waals surface area contributed by atoms with Gasteiger partial charge in [0.25, 0.3) is 0 Å². The third-order valence-corrected chi connectivity index (χ3v) is 3.55. The molecule has 0 unspecified atom stereocenters. The summed E-state index contributed by atoms with van der Waals surface area (Å²) in [7, 11) is 2.09. The highest BCUT2D eigenvalue weighted by atomic mass is 35.5. The average molecular weight is 225 g/mol. The lowest BCUT2D eigenvalue weighted by Crippen LogP contribution is -2.29. The Morgan fingerprint density at radius 1 is 1.33 bits per heavy atom. The molecular weight excluding hydrogens is 208 g/mol. The molecule has 1 aliphatic carbocycles. The van der Waals surface area contributed by atoms with E-state index in [4.69, 9.17) is 17.3 Å². The van der Waals surface area contributed by atoms with E-state index in [9.17, 15) is 0 Å². The van der Waals surface area contributed by atoms with E-state index in [1.54, 1.807) is 0 Å². The molecule has 0 aliphatic heterocycles. The largest absolute Gasteiger partial charge is 0.397 e. The third kappa shape index (κ3) is 2.05. The molecular formula is C12H17ClN2. The first-order chi connectivity index (χ1) is 7.20. The zero-order chi connectivity index (χ0) is 10.8. The van der Waals surface area contributed by atoms with E-state index in [0.717, 1.165) is 16.4 Å². The van der Waals surface area contributed by atoms with Crippen LogP contribution in [0.25, 0.3) is 0 Å². The fourth-order valence-electron chi connectivity index (χ4n) is 2.38. The first-order valence-electron chi connectivity index (χ1n) is 5.47. The molecule has 2 rings (SSSR count). The number of hydrogen-bond donors (Lipinski definition) is 1. The van der Waals surface area contributed by atoms with Gasteiger partial charge >= 0.3 is 0 Å². The molecule has 0 amide bonds. The van der Waals surface area contributed by atoms with Crippen LogP contribution in [0.15, 0.2) is 18.2 Å². The number of nitrogens with zero attached hydrogens (tertiary/aromatic N) is 1. The van der Waals surface area contributed by atoms with E-state index in [1.165, 1.54) is 25.7 Å². The van der Waals surface area contributed by atoms with Crippen LogP contribution in [0, 0.1) is 0 Å². The molecule has 1 fully saturated rings. The highest BCUT2D eigenvalue weighted by molar-refractivity contribution is 6.34. The van der Waals surface area contributed by atoms with Crippen molar-refractivity contribution in [3.63, 3.8) is 0 Å². The molecule has 0 radical (unpaired) electrons. The van der Waals surface area contributed by atoms with Crippen molar-refractivity contribution < 1.29 is 0 Å². The lowest BCUT2D eigenvalue weighted by atomic mass is 10.1. The highest BCUT2D eigenvalue weighted by Crippen LogP contribution is 2.35. The van der Waals surface area contributed by atoms with Crippen molar-refractivity contribution >= 4 is 23.0 Å². The van der Waals surface area contributed by atoms with E-state index in [-0.39, 0.29) is 0 Å². The number of benzene rings is 1. The van der Waals surface area contributed by atoms with Gasteiger partial charge in [-0.2, -0.15) is 0 Å². The van der Waals surface area contributed by atoms with Gasteiger partial charge in [0.15, 0.2) is 0 Å². The summed E-state index contributed by atoms with van der Waals surface area (Å²) in [6, 6.07) is 6.31. The van der Waals surface area contributed by atoms with E-state index >= 15 is 0 Å². The van der Waals surface area contributed by atoms with Crippen LogP contribution in [0.2, 0.25) is 5.02 Å². The predicted octanol–water partition coefficient (Wildman–Crippen LogP) is 3.30. The normalized spacial score (nSPS) is 16.9. The predicted molar refractivity (Wildman–Crippen MR) is 66.5 cm³/mol.